The fraction of sp³-hybridized carbons (Fsp3) is 0.769. The lowest BCUT2D eigenvalue weighted by Crippen LogP contribution is -2.56. The first-order valence-corrected chi connectivity index (χ1v) is 8.14. The van der Waals surface area contributed by atoms with Crippen LogP contribution in [0.4, 0.5) is 9.59 Å². The fourth-order valence-electron chi connectivity index (χ4n) is 2.76. The van der Waals surface area contributed by atoms with Gasteiger partial charge in [0.25, 0.3) is 5.24 Å². The minimum Gasteiger partial charge on any atom is -0.383 e. The standard InChI is InChI=1S/C13H21N3O4S/c1-20-7-6-14-12(18)15-9-4-2-3-5-10(9)16-11(17)8-21-13(16)19/h9-10H,2-8H2,1H3,(H2,14,15,18). The monoisotopic (exact) mass is 315 g/mol. The molecule has 0 aromatic carbocycles. The number of carbonyl (C=O) groups is 3. The molecule has 21 heavy (non-hydrogen) atoms. The molecule has 2 N–H and O–H groups in total. The number of urea groups is 1. The number of hydrogen-bond donors (Lipinski definition) is 2. The van der Waals surface area contributed by atoms with E-state index in [1.165, 1.54) is 4.90 Å². The number of methoxy groups -OCH3 is 1. The van der Waals surface area contributed by atoms with Crippen LogP contribution in [-0.2, 0) is 9.53 Å². The van der Waals surface area contributed by atoms with Crippen LogP contribution in [-0.4, -0.2) is 60.2 Å². The molecule has 2 unspecified atom stereocenters. The molecule has 1 aliphatic carbocycles. The second-order valence-electron chi connectivity index (χ2n) is 5.17. The van der Waals surface area contributed by atoms with Gasteiger partial charge in [-0.3, -0.25) is 14.5 Å². The van der Waals surface area contributed by atoms with E-state index in [0.717, 1.165) is 37.4 Å². The highest BCUT2D eigenvalue weighted by Crippen LogP contribution is 2.29. The molecule has 4 amide bonds. The van der Waals surface area contributed by atoms with Gasteiger partial charge in [-0.15, -0.1) is 0 Å². The van der Waals surface area contributed by atoms with Crippen LogP contribution < -0.4 is 10.6 Å². The molecule has 1 saturated heterocycles. The maximum absolute atomic E-state index is 11.9. The van der Waals surface area contributed by atoms with Gasteiger partial charge >= 0.3 is 6.03 Å². The van der Waals surface area contributed by atoms with Crippen LogP contribution in [0.15, 0.2) is 0 Å². The summed E-state index contributed by atoms with van der Waals surface area (Å²) in [6.07, 6.45) is 3.49. The van der Waals surface area contributed by atoms with Gasteiger partial charge in [-0.25, -0.2) is 4.79 Å². The Kier molecular flexibility index (Phi) is 5.86. The summed E-state index contributed by atoms with van der Waals surface area (Å²) in [6.45, 7) is 0.873. The number of ether oxygens (including phenoxy) is 1. The van der Waals surface area contributed by atoms with E-state index >= 15 is 0 Å². The van der Waals surface area contributed by atoms with Crippen molar-refractivity contribution in [2.45, 2.75) is 37.8 Å². The third kappa shape index (κ3) is 4.10. The number of hydrogen-bond acceptors (Lipinski definition) is 5. The Morgan fingerprint density at radius 3 is 2.81 bits per heavy atom. The van der Waals surface area contributed by atoms with Gasteiger partial charge in [-0.1, -0.05) is 24.6 Å². The number of rotatable bonds is 5. The van der Waals surface area contributed by atoms with Crippen LogP contribution >= 0.6 is 11.8 Å². The second-order valence-corrected chi connectivity index (χ2v) is 6.10. The first kappa shape index (κ1) is 16.1. The predicted molar refractivity (Wildman–Crippen MR) is 79.2 cm³/mol. The molecular formula is C13H21N3O4S. The molecule has 0 bridgehead atoms. The highest BCUT2D eigenvalue weighted by Gasteiger charge is 2.41. The van der Waals surface area contributed by atoms with Gasteiger partial charge in [0.2, 0.25) is 5.91 Å². The van der Waals surface area contributed by atoms with Crippen molar-refractivity contribution in [3.05, 3.63) is 0 Å². The lowest BCUT2D eigenvalue weighted by molar-refractivity contribution is -0.127. The van der Waals surface area contributed by atoms with Crippen molar-refractivity contribution >= 4 is 28.9 Å². The molecule has 0 aromatic heterocycles. The van der Waals surface area contributed by atoms with Gasteiger partial charge in [0.15, 0.2) is 0 Å². The number of carbonyl (C=O) groups excluding carboxylic acids is 3. The first-order chi connectivity index (χ1) is 10.1. The second kappa shape index (κ2) is 7.65. The van der Waals surface area contributed by atoms with Crippen molar-refractivity contribution in [3.63, 3.8) is 0 Å². The Morgan fingerprint density at radius 2 is 2.14 bits per heavy atom. The van der Waals surface area contributed by atoms with Crippen molar-refractivity contribution in [2.24, 2.45) is 0 Å². The van der Waals surface area contributed by atoms with Crippen molar-refractivity contribution in [2.75, 3.05) is 26.0 Å². The normalized spacial score (nSPS) is 26.0. The Balaban J connectivity index is 1.94. The molecule has 1 heterocycles. The predicted octanol–water partition coefficient (Wildman–Crippen LogP) is 0.939. The van der Waals surface area contributed by atoms with Gasteiger partial charge in [-0.05, 0) is 12.8 Å². The van der Waals surface area contributed by atoms with E-state index in [1.807, 2.05) is 0 Å². The zero-order valence-corrected chi connectivity index (χ0v) is 12.9. The fourth-order valence-corrected chi connectivity index (χ4v) is 3.52. The Bertz CT molecular complexity index is 402. The van der Waals surface area contributed by atoms with Crippen LogP contribution in [0.5, 0.6) is 0 Å². The lowest BCUT2D eigenvalue weighted by atomic mass is 9.89. The smallest absolute Gasteiger partial charge is 0.315 e. The van der Waals surface area contributed by atoms with E-state index < -0.39 is 0 Å². The number of nitrogens with one attached hydrogen (secondary N) is 2. The summed E-state index contributed by atoms with van der Waals surface area (Å²) < 4.78 is 4.87. The molecule has 8 heteroatoms. The van der Waals surface area contributed by atoms with Crippen molar-refractivity contribution in [3.8, 4) is 0 Å². The zero-order valence-electron chi connectivity index (χ0n) is 12.1. The molecule has 0 spiro atoms. The Labute approximate surface area is 128 Å². The number of amides is 4. The molecule has 2 aliphatic rings. The molecule has 1 saturated carbocycles. The minimum atomic E-state index is -0.282. The maximum Gasteiger partial charge on any atom is 0.315 e. The first-order valence-electron chi connectivity index (χ1n) is 7.15. The Morgan fingerprint density at radius 1 is 1.38 bits per heavy atom. The summed E-state index contributed by atoms with van der Waals surface area (Å²) in [5.41, 5.74) is 0. The summed E-state index contributed by atoms with van der Waals surface area (Å²) in [4.78, 5) is 36.9. The number of nitrogens with zero attached hydrogens (tertiary/aromatic N) is 1. The average Bonchev–Trinajstić information content (AvgIpc) is 2.79. The van der Waals surface area contributed by atoms with Crippen LogP contribution in [0.1, 0.15) is 25.7 Å². The lowest BCUT2D eigenvalue weighted by Gasteiger charge is -2.36. The van der Waals surface area contributed by atoms with E-state index in [9.17, 15) is 14.4 Å². The Hall–Kier alpha value is -1.28. The summed E-state index contributed by atoms with van der Waals surface area (Å²) in [6, 6.07) is -0.675. The summed E-state index contributed by atoms with van der Waals surface area (Å²) in [7, 11) is 1.57. The van der Waals surface area contributed by atoms with E-state index in [-0.39, 0.29) is 35.0 Å². The van der Waals surface area contributed by atoms with Crippen LogP contribution in [0, 0.1) is 0 Å². The molecule has 118 valence electrons. The summed E-state index contributed by atoms with van der Waals surface area (Å²) in [5.74, 6) is 0.0609. The van der Waals surface area contributed by atoms with Gasteiger partial charge in [-0.2, -0.15) is 0 Å². The minimum absolute atomic E-state index is 0.150. The topological polar surface area (TPSA) is 87.7 Å². The molecular weight excluding hydrogens is 294 g/mol. The molecule has 0 radical (unpaired) electrons. The van der Waals surface area contributed by atoms with Gasteiger partial charge in [0.1, 0.15) is 0 Å². The molecule has 7 nitrogen and oxygen atoms in total. The molecule has 2 fully saturated rings. The highest BCUT2D eigenvalue weighted by atomic mass is 32.2. The largest absolute Gasteiger partial charge is 0.383 e. The van der Waals surface area contributed by atoms with Gasteiger partial charge in [0, 0.05) is 13.7 Å². The quantitative estimate of drug-likeness (QED) is 0.737. The summed E-state index contributed by atoms with van der Waals surface area (Å²) >= 11 is 1.04. The van der Waals surface area contributed by atoms with E-state index in [4.69, 9.17) is 4.74 Å². The highest BCUT2D eigenvalue weighted by molar-refractivity contribution is 8.14. The number of thioether (sulfide) groups is 1. The molecule has 0 aromatic rings. The van der Waals surface area contributed by atoms with E-state index in [2.05, 4.69) is 10.6 Å². The van der Waals surface area contributed by atoms with Crippen LogP contribution in [0.2, 0.25) is 0 Å². The average molecular weight is 315 g/mol. The number of imide groups is 1. The van der Waals surface area contributed by atoms with Gasteiger partial charge in [0.05, 0.1) is 24.4 Å². The summed E-state index contributed by atoms with van der Waals surface area (Å²) in [5, 5.41) is 5.38. The third-order valence-electron chi connectivity index (χ3n) is 3.75. The molecule has 2 rings (SSSR count). The SMILES string of the molecule is COCCNC(=O)NC1CCCCC1N1C(=O)CSC1=O. The van der Waals surface area contributed by atoms with Crippen molar-refractivity contribution in [1.82, 2.24) is 15.5 Å². The molecule has 1 aliphatic heterocycles. The zero-order chi connectivity index (χ0) is 15.2. The van der Waals surface area contributed by atoms with Crippen LogP contribution in [0.25, 0.3) is 0 Å². The van der Waals surface area contributed by atoms with Crippen molar-refractivity contribution in [1.29, 1.82) is 0 Å². The van der Waals surface area contributed by atoms with Crippen LogP contribution in [0.3, 0.4) is 0 Å². The maximum atomic E-state index is 11.9. The third-order valence-corrected chi connectivity index (χ3v) is 4.59. The van der Waals surface area contributed by atoms with Crippen molar-refractivity contribution < 1.29 is 19.1 Å². The van der Waals surface area contributed by atoms with E-state index in [1.54, 1.807) is 7.11 Å². The van der Waals surface area contributed by atoms with Gasteiger partial charge < -0.3 is 15.4 Å². The van der Waals surface area contributed by atoms with E-state index in [0.29, 0.717) is 13.2 Å². The molecule has 2 atom stereocenters.